The molecule has 0 radical (unpaired) electrons. The van der Waals surface area contributed by atoms with Gasteiger partial charge in [-0.2, -0.15) is 0 Å². The van der Waals surface area contributed by atoms with Gasteiger partial charge in [0.1, 0.15) is 4.60 Å². The summed E-state index contributed by atoms with van der Waals surface area (Å²) in [5.41, 5.74) is 2.27. The van der Waals surface area contributed by atoms with Gasteiger partial charge in [0.25, 0.3) is 0 Å². The molecule has 0 fully saturated rings. The summed E-state index contributed by atoms with van der Waals surface area (Å²) in [5.74, 6) is 0.549. The normalized spacial score (nSPS) is 9.90. The van der Waals surface area contributed by atoms with Crippen LogP contribution in [0.4, 0.5) is 0 Å². The monoisotopic (exact) mass is 219 g/mol. The Morgan fingerprint density at radius 1 is 1.70 bits per heavy atom. The summed E-state index contributed by atoms with van der Waals surface area (Å²) >= 11 is 8.92. The van der Waals surface area contributed by atoms with Crippen molar-refractivity contribution in [1.82, 2.24) is 4.98 Å². The van der Waals surface area contributed by atoms with Gasteiger partial charge in [-0.15, -0.1) is 11.6 Å². The maximum atomic E-state index is 5.66. The molecule has 0 atom stereocenters. The van der Waals surface area contributed by atoms with Crippen molar-refractivity contribution in [2.75, 3.05) is 0 Å². The highest BCUT2D eigenvalue weighted by atomic mass is 79.9. The Balaban J connectivity index is 3.09. The topological polar surface area (TPSA) is 12.9 Å². The molecule has 1 nitrogen and oxygen atoms in total. The number of alkyl halides is 1. The predicted octanol–water partition coefficient (Wildman–Crippen LogP) is 2.89. The Hall–Kier alpha value is -0.0800. The SMILES string of the molecule is Cc1cnc(Br)cc1CCl. The molecule has 1 heterocycles. The van der Waals surface area contributed by atoms with Crippen LogP contribution < -0.4 is 0 Å². The second-order valence-corrected chi connectivity index (χ2v) is 3.15. The van der Waals surface area contributed by atoms with Gasteiger partial charge in [-0.25, -0.2) is 4.98 Å². The third-order valence-electron chi connectivity index (χ3n) is 1.33. The summed E-state index contributed by atoms with van der Waals surface area (Å²) in [5, 5.41) is 0. The van der Waals surface area contributed by atoms with Crippen molar-refractivity contribution in [3.8, 4) is 0 Å². The molecule has 1 aromatic heterocycles. The summed E-state index contributed by atoms with van der Waals surface area (Å²) < 4.78 is 0.841. The lowest BCUT2D eigenvalue weighted by Gasteiger charge is -1.99. The quantitative estimate of drug-likeness (QED) is 0.524. The standard InChI is InChI=1S/C7H7BrClN/c1-5-4-10-7(8)2-6(5)3-9/h2,4H,3H2,1H3. The van der Waals surface area contributed by atoms with E-state index in [0.717, 1.165) is 15.7 Å². The van der Waals surface area contributed by atoms with Gasteiger partial charge in [-0.05, 0) is 40.0 Å². The summed E-state index contributed by atoms with van der Waals surface area (Å²) in [7, 11) is 0. The fourth-order valence-corrected chi connectivity index (χ4v) is 1.35. The molecular formula is C7H7BrClN. The smallest absolute Gasteiger partial charge is 0.106 e. The van der Waals surface area contributed by atoms with Crippen molar-refractivity contribution in [3.63, 3.8) is 0 Å². The van der Waals surface area contributed by atoms with E-state index in [9.17, 15) is 0 Å². The molecule has 3 heteroatoms. The van der Waals surface area contributed by atoms with Gasteiger partial charge in [0, 0.05) is 12.1 Å². The van der Waals surface area contributed by atoms with E-state index in [-0.39, 0.29) is 0 Å². The van der Waals surface area contributed by atoms with Crippen molar-refractivity contribution in [1.29, 1.82) is 0 Å². The van der Waals surface area contributed by atoms with Gasteiger partial charge in [-0.3, -0.25) is 0 Å². The van der Waals surface area contributed by atoms with Crippen molar-refractivity contribution in [2.45, 2.75) is 12.8 Å². The van der Waals surface area contributed by atoms with E-state index in [1.807, 2.05) is 19.2 Å². The fourth-order valence-electron chi connectivity index (χ4n) is 0.680. The van der Waals surface area contributed by atoms with Crippen LogP contribution in [0, 0.1) is 6.92 Å². The number of pyridine rings is 1. The molecule has 0 amide bonds. The van der Waals surface area contributed by atoms with Crippen molar-refractivity contribution in [2.24, 2.45) is 0 Å². The highest BCUT2D eigenvalue weighted by Gasteiger charge is 1.96. The first-order valence-corrected chi connectivity index (χ1v) is 4.24. The summed E-state index contributed by atoms with van der Waals surface area (Å²) in [4.78, 5) is 4.05. The number of aryl methyl sites for hydroxylation is 1. The molecule has 54 valence electrons. The average Bonchev–Trinajstić information content (AvgIpc) is 1.94. The number of nitrogens with zero attached hydrogens (tertiary/aromatic N) is 1. The zero-order valence-electron chi connectivity index (χ0n) is 5.56. The molecule has 1 aromatic rings. The minimum Gasteiger partial charge on any atom is -0.249 e. The zero-order chi connectivity index (χ0) is 7.56. The minimum absolute atomic E-state index is 0.549. The molecule has 0 saturated carbocycles. The Morgan fingerprint density at radius 2 is 2.40 bits per heavy atom. The number of rotatable bonds is 1. The van der Waals surface area contributed by atoms with Gasteiger partial charge in [0.2, 0.25) is 0 Å². The first-order valence-electron chi connectivity index (χ1n) is 2.91. The fraction of sp³-hybridized carbons (Fsp3) is 0.286. The maximum Gasteiger partial charge on any atom is 0.106 e. The second kappa shape index (κ2) is 3.35. The molecule has 0 aliphatic rings. The highest BCUT2D eigenvalue weighted by molar-refractivity contribution is 9.10. The summed E-state index contributed by atoms with van der Waals surface area (Å²) in [6, 6.07) is 1.93. The van der Waals surface area contributed by atoms with Crippen LogP contribution in [0.5, 0.6) is 0 Å². The van der Waals surface area contributed by atoms with Crippen LogP contribution in [0.3, 0.4) is 0 Å². The zero-order valence-corrected chi connectivity index (χ0v) is 7.91. The molecule has 10 heavy (non-hydrogen) atoms. The van der Waals surface area contributed by atoms with Crippen LogP contribution in [0.1, 0.15) is 11.1 Å². The molecule has 0 N–H and O–H groups in total. The maximum absolute atomic E-state index is 5.66. The molecule has 0 aromatic carbocycles. The van der Waals surface area contributed by atoms with Crippen LogP contribution in [-0.2, 0) is 5.88 Å². The lowest BCUT2D eigenvalue weighted by Crippen LogP contribution is -1.86. The van der Waals surface area contributed by atoms with E-state index in [4.69, 9.17) is 11.6 Å². The Morgan fingerprint density at radius 3 is 2.90 bits per heavy atom. The van der Waals surface area contributed by atoms with Crippen LogP contribution in [0.2, 0.25) is 0 Å². The minimum atomic E-state index is 0.549. The molecule has 0 aliphatic carbocycles. The van der Waals surface area contributed by atoms with Gasteiger partial charge in [0.15, 0.2) is 0 Å². The van der Waals surface area contributed by atoms with E-state index in [2.05, 4.69) is 20.9 Å². The molecule has 0 unspecified atom stereocenters. The van der Waals surface area contributed by atoms with E-state index in [1.165, 1.54) is 0 Å². The third-order valence-corrected chi connectivity index (χ3v) is 2.05. The van der Waals surface area contributed by atoms with Crippen LogP contribution in [0.25, 0.3) is 0 Å². The Labute approximate surface area is 73.6 Å². The number of aromatic nitrogens is 1. The van der Waals surface area contributed by atoms with E-state index < -0.39 is 0 Å². The first kappa shape index (κ1) is 8.02. The molecular weight excluding hydrogens is 213 g/mol. The average molecular weight is 220 g/mol. The first-order chi connectivity index (χ1) is 4.74. The van der Waals surface area contributed by atoms with Gasteiger partial charge in [-0.1, -0.05) is 0 Å². The van der Waals surface area contributed by atoms with Crippen molar-refractivity contribution in [3.05, 3.63) is 28.0 Å². The molecule has 1 rings (SSSR count). The number of hydrogen-bond acceptors (Lipinski definition) is 1. The molecule has 0 bridgehead atoms. The van der Waals surface area contributed by atoms with Gasteiger partial charge < -0.3 is 0 Å². The molecule has 0 spiro atoms. The van der Waals surface area contributed by atoms with Crippen LogP contribution >= 0.6 is 27.5 Å². The summed E-state index contributed by atoms with van der Waals surface area (Å²) in [6.45, 7) is 2.00. The summed E-state index contributed by atoms with van der Waals surface area (Å²) in [6.07, 6.45) is 1.81. The van der Waals surface area contributed by atoms with E-state index in [0.29, 0.717) is 5.88 Å². The highest BCUT2D eigenvalue weighted by Crippen LogP contribution is 2.14. The van der Waals surface area contributed by atoms with E-state index in [1.54, 1.807) is 0 Å². The van der Waals surface area contributed by atoms with E-state index >= 15 is 0 Å². The number of hydrogen-bond donors (Lipinski definition) is 0. The second-order valence-electron chi connectivity index (χ2n) is 2.07. The number of halogens is 2. The predicted molar refractivity (Wildman–Crippen MR) is 46.2 cm³/mol. The van der Waals surface area contributed by atoms with Crippen LogP contribution in [0.15, 0.2) is 16.9 Å². The van der Waals surface area contributed by atoms with Crippen molar-refractivity contribution >= 4 is 27.5 Å². The van der Waals surface area contributed by atoms with Crippen molar-refractivity contribution < 1.29 is 0 Å². The van der Waals surface area contributed by atoms with Crippen LogP contribution in [-0.4, -0.2) is 4.98 Å². The van der Waals surface area contributed by atoms with Gasteiger partial charge >= 0.3 is 0 Å². The Kier molecular flexibility index (Phi) is 2.69. The lowest BCUT2D eigenvalue weighted by atomic mass is 10.2. The Bertz CT molecular complexity index is 237. The van der Waals surface area contributed by atoms with Gasteiger partial charge in [0.05, 0.1) is 0 Å². The lowest BCUT2D eigenvalue weighted by molar-refractivity contribution is 1.17. The molecule has 0 saturated heterocycles. The molecule has 0 aliphatic heterocycles. The third kappa shape index (κ3) is 1.70. The largest absolute Gasteiger partial charge is 0.249 e.